The van der Waals surface area contributed by atoms with Crippen molar-refractivity contribution < 1.29 is 17.6 Å². The molecule has 1 aromatic carbocycles. The van der Waals surface area contributed by atoms with Gasteiger partial charge in [0.15, 0.2) is 0 Å². The number of benzene rings is 1. The van der Waals surface area contributed by atoms with Crippen LogP contribution in [0.3, 0.4) is 0 Å². The highest BCUT2D eigenvalue weighted by Crippen LogP contribution is 2.31. The second kappa shape index (κ2) is 8.49. The van der Waals surface area contributed by atoms with Crippen molar-refractivity contribution in [2.24, 2.45) is 7.05 Å². The maximum absolute atomic E-state index is 14.0. The zero-order valence-corrected chi connectivity index (χ0v) is 17.9. The van der Waals surface area contributed by atoms with Gasteiger partial charge in [0, 0.05) is 45.1 Å². The summed E-state index contributed by atoms with van der Waals surface area (Å²) < 4.78 is 42.8. The van der Waals surface area contributed by atoms with Crippen molar-refractivity contribution in [1.82, 2.24) is 18.7 Å². The second-order valence-corrected chi connectivity index (χ2v) is 9.79. The average Bonchev–Trinajstić information content (AvgIpc) is 3.36. The Kier molecular flexibility index (Phi) is 5.95. The maximum atomic E-state index is 14.0. The van der Waals surface area contributed by atoms with Crippen LogP contribution in [0.25, 0.3) is 0 Å². The van der Waals surface area contributed by atoms with Gasteiger partial charge in [-0.1, -0.05) is 12.1 Å². The van der Waals surface area contributed by atoms with E-state index in [0.717, 1.165) is 25.5 Å². The summed E-state index contributed by atoms with van der Waals surface area (Å²) in [6.45, 7) is 2.18. The number of nitrogens with zero attached hydrogens (tertiary/aromatic N) is 4. The summed E-state index contributed by atoms with van der Waals surface area (Å²) in [6, 6.07) is 9.74. The number of amides is 1. The molecule has 7 nitrogen and oxygen atoms in total. The van der Waals surface area contributed by atoms with E-state index in [-0.39, 0.29) is 29.9 Å². The highest BCUT2D eigenvalue weighted by Gasteiger charge is 2.34. The topological polar surface area (TPSA) is 65.9 Å². The molecule has 2 fully saturated rings. The lowest BCUT2D eigenvalue weighted by Crippen LogP contribution is -2.52. The van der Waals surface area contributed by atoms with Crippen LogP contribution < -0.4 is 0 Å². The van der Waals surface area contributed by atoms with Crippen molar-refractivity contribution in [3.63, 3.8) is 0 Å². The van der Waals surface area contributed by atoms with Crippen molar-refractivity contribution in [2.75, 3.05) is 39.3 Å². The van der Waals surface area contributed by atoms with E-state index < -0.39 is 15.8 Å². The maximum Gasteiger partial charge on any atom is 0.246 e. The molecule has 162 valence electrons. The Labute approximate surface area is 176 Å². The first kappa shape index (κ1) is 21.0. The van der Waals surface area contributed by atoms with Gasteiger partial charge in [0.25, 0.3) is 0 Å². The number of carbonyl (C=O) groups is 1. The first-order valence-corrected chi connectivity index (χ1v) is 11.7. The van der Waals surface area contributed by atoms with Gasteiger partial charge in [-0.15, -0.1) is 0 Å². The number of hydrogen-bond acceptors (Lipinski definition) is 4. The normalized spacial score (nSPS) is 21.3. The predicted octanol–water partition coefficient (Wildman–Crippen LogP) is 1.83. The van der Waals surface area contributed by atoms with Gasteiger partial charge in [-0.25, -0.2) is 12.8 Å². The van der Waals surface area contributed by atoms with Gasteiger partial charge in [-0.05, 0) is 43.7 Å². The summed E-state index contributed by atoms with van der Waals surface area (Å²) in [4.78, 5) is 16.5. The molecular formula is C21H27FN4O3S. The van der Waals surface area contributed by atoms with Crippen molar-refractivity contribution in [1.29, 1.82) is 0 Å². The number of hydrogen-bond donors (Lipinski definition) is 0. The number of aromatic nitrogens is 1. The first-order chi connectivity index (χ1) is 14.4. The zero-order valence-electron chi connectivity index (χ0n) is 17.1. The van der Waals surface area contributed by atoms with E-state index in [1.54, 1.807) is 4.90 Å². The third-order valence-corrected chi connectivity index (χ3v) is 8.01. The summed E-state index contributed by atoms with van der Waals surface area (Å²) in [7, 11) is -1.88. The fraction of sp³-hybridized carbons (Fsp3) is 0.476. The number of likely N-dealkylation sites (tertiary alicyclic amines) is 1. The van der Waals surface area contributed by atoms with E-state index in [0.29, 0.717) is 19.6 Å². The van der Waals surface area contributed by atoms with Crippen LogP contribution in [0.15, 0.2) is 47.5 Å². The van der Waals surface area contributed by atoms with Gasteiger partial charge in [0.2, 0.25) is 15.9 Å². The zero-order chi connectivity index (χ0) is 21.3. The Morgan fingerprint density at radius 3 is 2.47 bits per heavy atom. The molecule has 4 rings (SSSR count). The molecule has 0 N–H and O–H groups in total. The lowest BCUT2D eigenvalue weighted by atomic mass is 10.1. The minimum absolute atomic E-state index is 0.0130. The van der Waals surface area contributed by atoms with Crippen molar-refractivity contribution >= 4 is 15.9 Å². The summed E-state index contributed by atoms with van der Waals surface area (Å²) >= 11 is 0. The first-order valence-electron chi connectivity index (χ1n) is 10.3. The monoisotopic (exact) mass is 434 g/mol. The minimum Gasteiger partial charge on any atom is -0.353 e. The van der Waals surface area contributed by atoms with E-state index in [1.807, 2.05) is 19.3 Å². The van der Waals surface area contributed by atoms with Gasteiger partial charge in [-0.2, -0.15) is 4.31 Å². The molecular weight excluding hydrogens is 407 g/mol. The third-order valence-electron chi connectivity index (χ3n) is 6.07. The van der Waals surface area contributed by atoms with Gasteiger partial charge >= 0.3 is 0 Å². The van der Waals surface area contributed by atoms with Crippen molar-refractivity contribution in [3.8, 4) is 0 Å². The highest BCUT2D eigenvalue weighted by molar-refractivity contribution is 7.89. The standard InChI is InChI=1S/C21H27FN4O3S/c1-23-10-4-7-18(23)19-8-5-11-25(19)16-21(27)24-12-14-26(15-13-24)30(28,29)20-9-3-2-6-17(20)22/h2-4,6-7,9-10,19H,5,8,11-16H2,1H3. The summed E-state index contributed by atoms with van der Waals surface area (Å²) in [5.41, 5.74) is 1.21. The Hall–Kier alpha value is -2.23. The highest BCUT2D eigenvalue weighted by atomic mass is 32.2. The Bertz CT molecular complexity index is 1010. The molecule has 0 aliphatic carbocycles. The average molecular weight is 435 g/mol. The molecule has 30 heavy (non-hydrogen) atoms. The second-order valence-electron chi connectivity index (χ2n) is 7.89. The molecule has 0 spiro atoms. The number of sulfonamides is 1. The van der Waals surface area contributed by atoms with Crippen LogP contribution in [0.5, 0.6) is 0 Å². The molecule has 2 aliphatic rings. The molecule has 2 aliphatic heterocycles. The Morgan fingerprint density at radius 2 is 1.80 bits per heavy atom. The number of aryl methyl sites for hydroxylation is 1. The molecule has 2 saturated heterocycles. The molecule has 2 aromatic rings. The Balaban J connectivity index is 1.37. The fourth-order valence-corrected chi connectivity index (χ4v) is 5.90. The van der Waals surface area contributed by atoms with Crippen LogP contribution in [0, 0.1) is 5.82 Å². The number of halogens is 1. The Morgan fingerprint density at radius 1 is 1.07 bits per heavy atom. The lowest BCUT2D eigenvalue weighted by molar-refractivity contribution is -0.133. The summed E-state index contributed by atoms with van der Waals surface area (Å²) in [5.74, 6) is -0.740. The van der Waals surface area contributed by atoms with E-state index in [2.05, 4.69) is 15.5 Å². The van der Waals surface area contributed by atoms with Crippen LogP contribution in [-0.2, 0) is 21.9 Å². The number of piperazine rings is 1. The molecule has 0 radical (unpaired) electrons. The molecule has 0 bridgehead atoms. The van der Waals surface area contributed by atoms with E-state index in [4.69, 9.17) is 0 Å². The minimum atomic E-state index is -3.90. The van der Waals surface area contributed by atoms with Crippen molar-refractivity contribution in [2.45, 2.75) is 23.8 Å². The summed E-state index contributed by atoms with van der Waals surface area (Å²) in [6.07, 6.45) is 4.10. The van der Waals surface area contributed by atoms with Gasteiger partial charge in [0.1, 0.15) is 10.7 Å². The van der Waals surface area contributed by atoms with E-state index in [1.165, 1.54) is 28.2 Å². The molecule has 0 saturated carbocycles. The molecule has 9 heteroatoms. The molecule has 1 atom stereocenters. The van der Waals surface area contributed by atoms with E-state index in [9.17, 15) is 17.6 Å². The smallest absolute Gasteiger partial charge is 0.246 e. The molecule has 1 unspecified atom stereocenters. The number of rotatable bonds is 5. The van der Waals surface area contributed by atoms with Crippen LogP contribution in [0.2, 0.25) is 0 Å². The molecule has 1 amide bonds. The summed E-state index contributed by atoms with van der Waals surface area (Å²) in [5, 5.41) is 0. The van der Waals surface area contributed by atoms with Crippen LogP contribution in [0.1, 0.15) is 24.6 Å². The third kappa shape index (κ3) is 4.01. The SMILES string of the molecule is Cn1cccc1C1CCCN1CC(=O)N1CCN(S(=O)(=O)c2ccccc2F)CC1. The fourth-order valence-electron chi connectivity index (χ4n) is 4.42. The van der Waals surface area contributed by atoms with Crippen LogP contribution in [-0.4, -0.2) is 72.3 Å². The van der Waals surface area contributed by atoms with Gasteiger partial charge in [0.05, 0.1) is 12.6 Å². The van der Waals surface area contributed by atoms with Gasteiger partial charge in [-0.3, -0.25) is 9.69 Å². The lowest BCUT2D eigenvalue weighted by Gasteiger charge is -2.35. The number of carbonyl (C=O) groups excluding carboxylic acids is 1. The predicted molar refractivity (Wildman–Crippen MR) is 111 cm³/mol. The molecule has 3 heterocycles. The largest absolute Gasteiger partial charge is 0.353 e. The van der Waals surface area contributed by atoms with Crippen LogP contribution in [0.4, 0.5) is 4.39 Å². The van der Waals surface area contributed by atoms with Crippen molar-refractivity contribution in [3.05, 3.63) is 54.1 Å². The quantitative estimate of drug-likeness (QED) is 0.720. The van der Waals surface area contributed by atoms with E-state index >= 15 is 0 Å². The van der Waals surface area contributed by atoms with Crippen LogP contribution >= 0.6 is 0 Å². The molecule has 1 aromatic heterocycles. The van der Waals surface area contributed by atoms with Gasteiger partial charge < -0.3 is 9.47 Å².